The second-order valence-electron chi connectivity index (χ2n) is 7.51. The fourth-order valence-electron chi connectivity index (χ4n) is 2.62. The molecule has 0 saturated heterocycles. The molecule has 1 aromatic carbocycles. The molecule has 2 rings (SSSR count). The lowest BCUT2D eigenvalue weighted by molar-refractivity contribution is -0.895. The summed E-state index contributed by atoms with van der Waals surface area (Å²) in [5.41, 5.74) is 0.977. The lowest BCUT2D eigenvalue weighted by Crippen LogP contribution is -3.09. The van der Waals surface area contributed by atoms with Crippen LogP contribution < -0.4 is 10.2 Å². The molecule has 1 unspecified atom stereocenters. The van der Waals surface area contributed by atoms with Gasteiger partial charge in [-0.2, -0.15) is 9.78 Å². The van der Waals surface area contributed by atoms with Crippen molar-refractivity contribution < 1.29 is 9.69 Å². The fourth-order valence-corrected chi connectivity index (χ4v) is 2.83. The quantitative estimate of drug-likeness (QED) is 0.752. The second-order valence-corrected chi connectivity index (χ2v) is 7.88. The number of hydrogen-bond donors (Lipinski definition) is 2. The minimum Gasteiger partial charge on any atom is -0.347 e. The van der Waals surface area contributed by atoms with Crippen LogP contribution in [-0.4, -0.2) is 39.4 Å². The molecule has 1 amide bonds. The Hall–Kier alpha value is -1.99. The second kappa shape index (κ2) is 7.93. The normalized spacial score (nSPS) is 12.8. The van der Waals surface area contributed by atoms with Gasteiger partial charge in [-0.15, -0.1) is 0 Å². The fraction of sp³-hybridized carbons (Fsp3) is 0.500. The summed E-state index contributed by atoms with van der Waals surface area (Å²) in [5.74, 6) is 0.945. The molecule has 0 radical (unpaired) electrons. The summed E-state index contributed by atoms with van der Waals surface area (Å²) in [4.78, 5) is 13.1. The largest absolute Gasteiger partial charge is 0.347 e. The molecule has 7 heteroatoms. The number of benzene rings is 1. The van der Waals surface area contributed by atoms with E-state index < -0.39 is 0 Å². The van der Waals surface area contributed by atoms with Crippen LogP contribution in [0.25, 0.3) is 0 Å². The van der Waals surface area contributed by atoms with E-state index in [-0.39, 0.29) is 11.4 Å². The molecule has 1 aromatic heterocycles. The van der Waals surface area contributed by atoms with Gasteiger partial charge in [-0.25, -0.2) is 0 Å². The van der Waals surface area contributed by atoms with Gasteiger partial charge in [0.25, 0.3) is 5.91 Å². The first-order chi connectivity index (χ1) is 11.7. The molecule has 0 spiro atoms. The van der Waals surface area contributed by atoms with E-state index in [1.165, 1.54) is 5.56 Å². The summed E-state index contributed by atoms with van der Waals surface area (Å²) < 4.78 is 4.40. The molecule has 1 atom stereocenters. The zero-order valence-electron chi connectivity index (χ0n) is 15.7. The van der Waals surface area contributed by atoms with E-state index in [0.29, 0.717) is 18.0 Å². The van der Waals surface area contributed by atoms with Gasteiger partial charge in [-0.3, -0.25) is 4.79 Å². The average Bonchev–Trinajstić information content (AvgIpc) is 2.74. The number of quaternary nitrogens is 1. The first kappa shape index (κ1) is 19.3. The van der Waals surface area contributed by atoms with Gasteiger partial charge in [-0.1, -0.05) is 30.3 Å². The Morgan fingerprint density at radius 2 is 1.92 bits per heavy atom. The van der Waals surface area contributed by atoms with Crippen molar-refractivity contribution >= 4 is 18.1 Å². The zero-order chi connectivity index (χ0) is 18.6. The number of likely N-dealkylation sites (N-methyl/N-ethyl adjacent to an activating group) is 1. The number of carbonyl (C=O) groups excluding carboxylic acids is 1. The van der Waals surface area contributed by atoms with Crippen molar-refractivity contribution in [2.45, 2.75) is 39.4 Å². The molecule has 136 valence electrons. The SMILES string of the molecule is Cn1c(Cc2ccccc2)nn(C[NH+](C)CC(=O)NC(C)(C)C)c1=S. The van der Waals surface area contributed by atoms with E-state index in [4.69, 9.17) is 12.2 Å². The van der Waals surface area contributed by atoms with Crippen molar-refractivity contribution in [2.75, 3.05) is 13.6 Å². The van der Waals surface area contributed by atoms with Crippen LogP contribution in [-0.2, 0) is 24.9 Å². The van der Waals surface area contributed by atoms with E-state index in [0.717, 1.165) is 17.1 Å². The highest BCUT2D eigenvalue weighted by atomic mass is 32.1. The molecule has 1 heterocycles. The van der Waals surface area contributed by atoms with E-state index in [1.807, 2.05) is 57.6 Å². The van der Waals surface area contributed by atoms with Crippen LogP contribution in [0.15, 0.2) is 30.3 Å². The number of nitrogens with zero attached hydrogens (tertiary/aromatic N) is 3. The Balaban J connectivity index is 2.04. The number of nitrogens with one attached hydrogen (secondary N) is 2. The van der Waals surface area contributed by atoms with Gasteiger partial charge in [0.1, 0.15) is 5.82 Å². The summed E-state index contributed by atoms with van der Waals surface area (Å²) in [6, 6.07) is 10.2. The molecule has 6 nitrogen and oxygen atoms in total. The van der Waals surface area contributed by atoms with Gasteiger partial charge in [0.05, 0.1) is 7.05 Å². The number of aromatic nitrogens is 3. The van der Waals surface area contributed by atoms with Crippen LogP contribution in [0.1, 0.15) is 32.2 Å². The number of amides is 1. The Morgan fingerprint density at radius 3 is 2.52 bits per heavy atom. The van der Waals surface area contributed by atoms with E-state index in [2.05, 4.69) is 22.5 Å². The first-order valence-electron chi connectivity index (χ1n) is 8.44. The van der Waals surface area contributed by atoms with Crippen molar-refractivity contribution in [1.29, 1.82) is 0 Å². The van der Waals surface area contributed by atoms with E-state index in [1.54, 1.807) is 4.68 Å². The minimum absolute atomic E-state index is 0.0250. The Kier molecular flexibility index (Phi) is 6.13. The monoisotopic (exact) mass is 362 g/mol. The third kappa shape index (κ3) is 5.79. The van der Waals surface area contributed by atoms with Crippen molar-refractivity contribution in [1.82, 2.24) is 19.7 Å². The highest BCUT2D eigenvalue weighted by molar-refractivity contribution is 7.71. The van der Waals surface area contributed by atoms with Crippen LogP contribution in [0.2, 0.25) is 0 Å². The predicted molar refractivity (Wildman–Crippen MR) is 101 cm³/mol. The first-order valence-corrected chi connectivity index (χ1v) is 8.85. The molecule has 2 aromatic rings. The summed E-state index contributed by atoms with van der Waals surface area (Å²) in [6.07, 6.45) is 0.734. The predicted octanol–water partition coefficient (Wildman–Crippen LogP) is 0.929. The minimum atomic E-state index is -0.221. The molecule has 25 heavy (non-hydrogen) atoms. The van der Waals surface area contributed by atoms with Gasteiger partial charge in [0.15, 0.2) is 13.2 Å². The standard InChI is InChI=1S/C18H27N5OS/c1-18(2,3)19-16(24)12-21(4)13-23-17(25)22(5)15(20-23)11-14-9-7-6-8-10-14/h6-10H,11-13H2,1-5H3,(H,19,24)/p+1. The van der Waals surface area contributed by atoms with Crippen molar-refractivity contribution in [3.8, 4) is 0 Å². The van der Waals surface area contributed by atoms with Gasteiger partial charge >= 0.3 is 0 Å². The van der Waals surface area contributed by atoms with Gasteiger partial charge < -0.3 is 14.8 Å². The highest BCUT2D eigenvalue weighted by Gasteiger charge is 2.18. The highest BCUT2D eigenvalue weighted by Crippen LogP contribution is 2.07. The molecule has 2 N–H and O–H groups in total. The third-order valence-electron chi connectivity index (χ3n) is 3.73. The Morgan fingerprint density at radius 1 is 1.28 bits per heavy atom. The van der Waals surface area contributed by atoms with Crippen molar-refractivity contribution in [2.24, 2.45) is 7.05 Å². The summed E-state index contributed by atoms with van der Waals surface area (Å²) in [7, 11) is 3.90. The third-order valence-corrected chi connectivity index (χ3v) is 4.22. The molecule has 0 saturated carbocycles. The van der Waals surface area contributed by atoms with Crippen LogP contribution in [0.5, 0.6) is 0 Å². The van der Waals surface area contributed by atoms with Crippen molar-refractivity contribution in [3.05, 3.63) is 46.5 Å². The molecule has 0 bridgehead atoms. The maximum absolute atomic E-state index is 12.1. The van der Waals surface area contributed by atoms with Crippen LogP contribution in [0, 0.1) is 4.77 Å². The topological polar surface area (TPSA) is 56.3 Å². The van der Waals surface area contributed by atoms with Gasteiger partial charge in [-0.05, 0) is 38.6 Å². The van der Waals surface area contributed by atoms with Gasteiger partial charge in [0, 0.05) is 19.0 Å². The van der Waals surface area contributed by atoms with Crippen LogP contribution in [0.3, 0.4) is 0 Å². The maximum atomic E-state index is 12.1. The van der Waals surface area contributed by atoms with Crippen LogP contribution >= 0.6 is 12.2 Å². The van der Waals surface area contributed by atoms with Gasteiger partial charge in [0.2, 0.25) is 4.77 Å². The number of hydrogen-bond acceptors (Lipinski definition) is 3. The molecule has 0 aliphatic heterocycles. The lowest BCUT2D eigenvalue weighted by atomic mass is 10.1. The van der Waals surface area contributed by atoms with Crippen molar-refractivity contribution in [3.63, 3.8) is 0 Å². The maximum Gasteiger partial charge on any atom is 0.275 e. The van der Waals surface area contributed by atoms with E-state index in [9.17, 15) is 4.79 Å². The number of carbonyl (C=O) groups is 1. The molecular formula is C18H28N5OS+. The van der Waals surface area contributed by atoms with Crippen LogP contribution in [0.4, 0.5) is 0 Å². The molecule has 0 aliphatic rings. The lowest BCUT2D eigenvalue weighted by Gasteiger charge is -2.21. The van der Waals surface area contributed by atoms with E-state index >= 15 is 0 Å². The summed E-state index contributed by atoms with van der Waals surface area (Å²) >= 11 is 5.50. The summed E-state index contributed by atoms with van der Waals surface area (Å²) in [6.45, 7) is 6.86. The molecule has 0 aliphatic carbocycles. The smallest absolute Gasteiger partial charge is 0.275 e. The zero-order valence-corrected chi connectivity index (χ0v) is 16.5. The Bertz CT molecular complexity index is 773. The molecule has 0 fully saturated rings. The summed E-state index contributed by atoms with van der Waals surface area (Å²) in [5, 5.41) is 7.63. The number of rotatable bonds is 6. The average molecular weight is 363 g/mol. The molecular weight excluding hydrogens is 334 g/mol. The Labute approximate surface area is 154 Å².